The zero-order valence-corrected chi connectivity index (χ0v) is 16.7. The predicted octanol–water partition coefficient (Wildman–Crippen LogP) is 3.70. The van der Waals surface area contributed by atoms with Crippen LogP contribution in [0.3, 0.4) is 0 Å². The lowest BCUT2D eigenvalue weighted by Crippen LogP contribution is -2.37. The van der Waals surface area contributed by atoms with Crippen molar-refractivity contribution in [1.82, 2.24) is 10.2 Å². The highest BCUT2D eigenvalue weighted by Crippen LogP contribution is 2.31. The van der Waals surface area contributed by atoms with Crippen LogP contribution in [0.5, 0.6) is 0 Å². The molecule has 1 fully saturated rings. The molecule has 2 aromatic carbocycles. The molecule has 144 valence electrons. The van der Waals surface area contributed by atoms with Crippen LogP contribution in [0, 0.1) is 13.8 Å². The van der Waals surface area contributed by atoms with E-state index in [1.165, 1.54) is 4.90 Å². The Morgan fingerprint density at radius 3 is 2.61 bits per heavy atom. The molecule has 0 saturated carbocycles. The monoisotopic (exact) mass is 394 g/mol. The van der Waals surface area contributed by atoms with Gasteiger partial charge in [0.2, 0.25) is 5.91 Å². The maximum atomic E-state index is 12.5. The number of benzene rings is 2. The molecule has 0 radical (unpaired) electrons. The van der Waals surface area contributed by atoms with Gasteiger partial charge in [-0.05, 0) is 48.4 Å². The van der Waals surface area contributed by atoms with Crippen molar-refractivity contribution in [3.8, 4) is 0 Å². The van der Waals surface area contributed by atoms with Gasteiger partial charge in [-0.2, -0.15) is 0 Å². The van der Waals surface area contributed by atoms with Crippen molar-refractivity contribution in [2.45, 2.75) is 20.3 Å². The smallest absolute Gasteiger partial charge is 0.293 e. The molecule has 0 bridgehead atoms. The first-order chi connectivity index (χ1) is 13.4. The van der Waals surface area contributed by atoms with Crippen LogP contribution in [-0.4, -0.2) is 35.0 Å². The van der Waals surface area contributed by atoms with Crippen molar-refractivity contribution < 1.29 is 14.4 Å². The van der Waals surface area contributed by atoms with Gasteiger partial charge >= 0.3 is 0 Å². The molecule has 28 heavy (non-hydrogen) atoms. The minimum atomic E-state index is -0.317. The van der Waals surface area contributed by atoms with Gasteiger partial charge in [0, 0.05) is 13.1 Å². The highest BCUT2D eigenvalue weighted by Gasteiger charge is 2.34. The van der Waals surface area contributed by atoms with Crippen molar-refractivity contribution in [2.24, 2.45) is 0 Å². The van der Waals surface area contributed by atoms with Gasteiger partial charge in [-0.25, -0.2) is 0 Å². The third-order valence-corrected chi connectivity index (χ3v) is 5.39. The van der Waals surface area contributed by atoms with E-state index in [0.29, 0.717) is 4.91 Å². The highest BCUT2D eigenvalue weighted by molar-refractivity contribution is 8.18. The fourth-order valence-electron chi connectivity index (χ4n) is 2.93. The maximum Gasteiger partial charge on any atom is 0.293 e. The molecule has 1 saturated heterocycles. The van der Waals surface area contributed by atoms with Crippen LogP contribution in [0.4, 0.5) is 4.79 Å². The number of carbonyl (C=O) groups is 3. The summed E-state index contributed by atoms with van der Waals surface area (Å²) < 4.78 is 0. The third-order valence-electron chi connectivity index (χ3n) is 4.48. The van der Waals surface area contributed by atoms with Crippen LogP contribution >= 0.6 is 11.8 Å². The number of thioether (sulfide) groups is 1. The van der Waals surface area contributed by atoms with Crippen molar-refractivity contribution >= 4 is 34.9 Å². The summed E-state index contributed by atoms with van der Waals surface area (Å²) in [5.74, 6) is -0.442. The molecule has 5 nitrogen and oxygen atoms in total. The van der Waals surface area contributed by atoms with Gasteiger partial charge in [0.1, 0.15) is 0 Å². The molecule has 2 aromatic rings. The summed E-state index contributed by atoms with van der Waals surface area (Å²) in [6, 6.07) is 15.4. The molecule has 3 rings (SSSR count). The Morgan fingerprint density at radius 2 is 1.86 bits per heavy atom. The number of imide groups is 1. The van der Waals surface area contributed by atoms with Crippen LogP contribution in [-0.2, 0) is 16.0 Å². The van der Waals surface area contributed by atoms with Crippen LogP contribution in [0.2, 0.25) is 0 Å². The van der Waals surface area contributed by atoms with Crippen molar-refractivity contribution in [3.63, 3.8) is 0 Å². The fraction of sp³-hybridized carbons (Fsp3) is 0.227. The zero-order valence-electron chi connectivity index (χ0n) is 15.9. The van der Waals surface area contributed by atoms with E-state index in [-0.39, 0.29) is 36.6 Å². The van der Waals surface area contributed by atoms with Gasteiger partial charge in [0.15, 0.2) is 0 Å². The van der Waals surface area contributed by atoms with Gasteiger partial charge in [0.25, 0.3) is 11.1 Å². The van der Waals surface area contributed by atoms with Crippen molar-refractivity contribution in [1.29, 1.82) is 0 Å². The Hall–Kier alpha value is -2.86. The second-order valence-electron chi connectivity index (χ2n) is 6.70. The molecule has 0 spiro atoms. The third kappa shape index (κ3) is 4.89. The summed E-state index contributed by atoms with van der Waals surface area (Å²) in [6.07, 6.45) is 1.99. The molecule has 3 amide bonds. The summed E-state index contributed by atoms with van der Waals surface area (Å²) >= 11 is 0.927. The molecular formula is C22H22N2O3S. The molecule has 1 aliphatic rings. The molecule has 0 unspecified atom stereocenters. The molecular weight excluding hydrogens is 372 g/mol. The lowest BCUT2D eigenvalue weighted by atomic mass is 10.0. The number of amides is 3. The van der Waals surface area contributed by atoms with Crippen LogP contribution < -0.4 is 5.32 Å². The molecule has 0 atom stereocenters. The fourth-order valence-corrected chi connectivity index (χ4v) is 3.79. The van der Waals surface area contributed by atoms with Crippen LogP contribution in [0.1, 0.15) is 22.3 Å². The summed E-state index contributed by atoms with van der Waals surface area (Å²) in [5, 5.41) is 2.49. The van der Waals surface area contributed by atoms with Gasteiger partial charge < -0.3 is 5.32 Å². The van der Waals surface area contributed by atoms with Gasteiger partial charge in [0.05, 0.1) is 11.3 Å². The zero-order chi connectivity index (χ0) is 20.1. The summed E-state index contributed by atoms with van der Waals surface area (Å²) in [7, 11) is 0. The van der Waals surface area contributed by atoms with Crippen molar-refractivity contribution in [2.75, 3.05) is 13.1 Å². The van der Waals surface area contributed by atoms with Crippen LogP contribution in [0.25, 0.3) is 6.08 Å². The first kappa shape index (κ1) is 19.9. The quantitative estimate of drug-likeness (QED) is 0.759. The molecule has 1 aliphatic heterocycles. The Kier molecular flexibility index (Phi) is 6.31. The van der Waals surface area contributed by atoms with E-state index in [4.69, 9.17) is 0 Å². The predicted molar refractivity (Wildman–Crippen MR) is 112 cm³/mol. The second kappa shape index (κ2) is 8.89. The van der Waals surface area contributed by atoms with E-state index in [1.54, 1.807) is 6.08 Å². The lowest BCUT2D eigenvalue weighted by Gasteiger charge is -2.13. The van der Waals surface area contributed by atoms with Crippen molar-refractivity contribution in [3.05, 3.63) is 75.7 Å². The Morgan fingerprint density at radius 1 is 1.11 bits per heavy atom. The van der Waals surface area contributed by atoms with Gasteiger partial charge in [-0.3, -0.25) is 19.3 Å². The van der Waals surface area contributed by atoms with Gasteiger partial charge in [-0.1, -0.05) is 54.1 Å². The SMILES string of the molecule is Cc1ccc(C)c(CC(=O)NCCN2C(=O)S/C(=C/c3ccccc3)C2=O)c1. The topological polar surface area (TPSA) is 66.5 Å². The normalized spacial score (nSPS) is 15.4. The first-order valence-corrected chi connectivity index (χ1v) is 9.89. The Labute approximate surface area is 168 Å². The number of aryl methyl sites for hydroxylation is 2. The summed E-state index contributed by atoms with van der Waals surface area (Å²) in [6.45, 7) is 4.36. The standard InChI is InChI=1S/C22H22N2O3S/c1-15-8-9-16(2)18(12-15)14-20(25)23-10-11-24-21(26)19(28-22(24)27)13-17-6-4-3-5-7-17/h3-9,12-13H,10-11,14H2,1-2H3,(H,23,25)/b19-13+. The second-order valence-corrected chi connectivity index (χ2v) is 7.69. The Bertz CT molecular complexity index is 938. The first-order valence-electron chi connectivity index (χ1n) is 9.07. The van der Waals surface area contributed by atoms with E-state index in [1.807, 2.05) is 62.4 Å². The highest BCUT2D eigenvalue weighted by atomic mass is 32.2. The number of nitrogens with one attached hydrogen (secondary N) is 1. The minimum absolute atomic E-state index is 0.125. The maximum absolute atomic E-state index is 12.5. The van der Waals surface area contributed by atoms with Crippen LogP contribution in [0.15, 0.2) is 53.4 Å². The molecule has 0 aromatic heterocycles. The Balaban J connectivity index is 1.54. The molecule has 6 heteroatoms. The number of rotatable bonds is 6. The van der Waals surface area contributed by atoms with Gasteiger partial charge in [-0.15, -0.1) is 0 Å². The van der Waals surface area contributed by atoms with E-state index < -0.39 is 0 Å². The molecule has 1 heterocycles. The lowest BCUT2D eigenvalue weighted by molar-refractivity contribution is -0.124. The largest absolute Gasteiger partial charge is 0.354 e. The molecule has 1 N–H and O–H groups in total. The van der Waals surface area contributed by atoms with E-state index in [9.17, 15) is 14.4 Å². The van der Waals surface area contributed by atoms with E-state index in [2.05, 4.69) is 5.32 Å². The summed E-state index contributed by atoms with van der Waals surface area (Å²) in [5.41, 5.74) is 4.03. The average molecular weight is 394 g/mol. The van der Waals surface area contributed by atoms with E-state index >= 15 is 0 Å². The number of carbonyl (C=O) groups excluding carboxylic acids is 3. The number of hydrogen-bond acceptors (Lipinski definition) is 4. The number of nitrogens with zero attached hydrogens (tertiary/aromatic N) is 1. The average Bonchev–Trinajstić information content (AvgIpc) is 2.93. The number of hydrogen-bond donors (Lipinski definition) is 1. The summed E-state index contributed by atoms with van der Waals surface area (Å²) in [4.78, 5) is 38.4. The van der Waals surface area contributed by atoms with E-state index in [0.717, 1.165) is 34.0 Å². The molecule has 0 aliphatic carbocycles. The minimum Gasteiger partial charge on any atom is -0.354 e.